The van der Waals surface area contributed by atoms with Crippen molar-refractivity contribution in [1.29, 1.82) is 0 Å². The maximum atomic E-state index is 14.7. The number of hydrogen-bond donors (Lipinski definition) is 1. The maximum absolute atomic E-state index is 14.7. The smallest absolute Gasteiger partial charge is 0.330 e. The standard InChI is InChI=1S/C21H26F2N4O3/c1-3-30-20(28)10-16-6-8-26(9-7-16)15(2)21(29,12-27-14-24-13-25-27)18-5-4-17(22)11-19(18)23/h4-5,10-11,13-15,29H,3,6-9,12H2,1-2H3/t15-,21-/m1/s1. The minimum Gasteiger partial charge on any atom is -0.463 e. The van der Waals surface area contributed by atoms with Crippen molar-refractivity contribution in [3.8, 4) is 0 Å². The lowest BCUT2D eigenvalue weighted by molar-refractivity contribution is -0.137. The number of nitrogens with zero attached hydrogens (tertiary/aromatic N) is 4. The molecule has 0 amide bonds. The average molecular weight is 420 g/mol. The molecule has 1 fully saturated rings. The van der Waals surface area contributed by atoms with Crippen molar-refractivity contribution < 1.29 is 23.4 Å². The number of esters is 1. The van der Waals surface area contributed by atoms with Gasteiger partial charge < -0.3 is 9.84 Å². The van der Waals surface area contributed by atoms with Crippen molar-refractivity contribution >= 4 is 5.97 Å². The van der Waals surface area contributed by atoms with Gasteiger partial charge in [0.2, 0.25) is 0 Å². The first-order chi connectivity index (χ1) is 14.3. The van der Waals surface area contributed by atoms with Gasteiger partial charge in [0.1, 0.15) is 29.9 Å². The Balaban J connectivity index is 1.83. The number of aromatic nitrogens is 3. The van der Waals surface area contributed by atoms with Crippen LogP contribution < -0.4 is 0 Å². The molecular weight excluding hydrogens is 394 g/mol. The molecule has 2 heterocycles. The van der Waals surface area contributed by atoms with Crippen molar-refractivity contribution in [3.05, 3.63) is 59.7 Å². The number of hydrogen-bond acceptors (Lipinski definition) is 6. The first-order valence-electron chi connectivity index (χ1n) is 9.94. The number of benzene rings is 1. The molecule has 3 rings (SSSR count). The first kappa shape index (κ1) is 22.0. The Morgan fingerprint density at radius 1 is 1.37 bits per heavy atom. The van der Waals surface area contributed by atoms with E-state index in [0.29, 0.717) is 32.5 Å². The molecule has 1 aliphatic rings. The lowest BCUT2D eigenvalue weighted by Crippen LogP contribution is -2.53. The molecule has 2 atom stereocenters. The van der Waals surface area contributed by atoms with Crippen LogP contribution >= 0.6 is 0 Å². The molecule has 2 aromatic rings. The summed E-state index contributed by atoms with van der Waals surface area (Å²) in [5.74, 6) is -1.88. The summed E-state index contributed by atoms with van der Waals surface area (Å²) >= 11 is 0. The number of rotatable bonds is 7. The molecular formula is C21H26F2N4O3. The van der Waals surface area contributed by atoms with Crippen LogP contribution in [0.4, 0.5) is 8.78 Å². The molecule has 1 saturated heterocycles. The van der Waals surface area contributed by atoms with Crippen LogP contribution in [0, 0.1) is 11.6 Å². The van der Waals surface area contributed by atoms with Crippen molar-refractivity contribution in [1.82, 2.24) is 19.7 Å². The molecule has 1 aliphatic heterocycles. The molecule has 7 nitrogen and oxygen atoms in total. The fourth-order valence-corrected chi connectivity index (χ4v) is 3.84. The van der Waals surface area contributed by atoms with Gasteiger partial charge in [-0.2, -0.15) is 5.10 Å². The zero-order valence-electron chi connectivity index (χ0n) is 17.1. The highest BCUT2D eigenvalue weighted by molar-refractivity contribution is 5.82. The number of carbonyl (C=O) groups excluding carboxylic acids is 1. The van der Waals surface area contributed by atoms with E-state index in [4.69, 9.17) is 4.74 Å². The van der Waals surface area contributed by atoms with Crippen LogP contribution in [0.15, 0.2) is 42.5 Å². The van der Waals surface area contributed by atoms with Gasteiger partial charge in [-0.1, -0.05) is 11.6 Å². The second-order valence-electron chi connectivity index (χ2n) is 7.41. The molecule has 0 aliphatic carbocycles. The molecule has 0 unspecified atom stereocenters. The molecule has 162 valence electrons. The number of aliphatic hydroxyl groups is 1. The SMILES string of the molecule is CCOC(=O)C=C1CCN([C@H](C)[C@](O)(Cn2cncn2)c2ccc(F)cc2F)CC1. The number of carbonyl (C=O) groups is 1. The van der Waals surface area contributed by atoms with E-state index in [-0.39, 0.29) is 18.1 Å². The third kappa shape index (κ3) is 4.91. The topological polar surface area (TPSA) is 80.5 Å². The lowest BCUT2D eigenvalue weighted by atomic mass is 9.84. The number of likely N-dealkylation sites (tertiary alicyclic amines) is 1. The predicted molar refractivity (Wildman–Crippen MR) is 105 cm³/mol. The van der Waals surface area contributed by atoms with Crippen LogP contribution in [0.25, 0.3) is 0 Å². The zero-order valence-corrected chi connectivity index (χ0v) is 17.1. The number of halogens is 2. The van der Waals surface area contributed by atoms with Gasteiger partial charge >= 0.3 is 5.97 Å². The van der Waals surface area contributed by atoms with Gasteiger partial charge in [0.25, 0.3) is 0 Å². The highest BCUT2D eigenvalue weighted by Crippen LogP contribution is 2.34. The average Bonchev–Trinajstić information content (AvgIpc) is 3.20. The van der Waals surface area contributed by atoms with Gasteiger partial charge in [0, 0.05) is 36.8 Å². The number of piperidine rings is 1. The van der Waals surface area contributed by atoms with E-state index in [1.807, 2.05) is 4.90 Å². The van der Waals surface area contributed by atoms with E-state index in [0.717, 1.165) is 17.7 Å². The van der Waals surface area contributed by atoms with Crippen LogP contribution in [0.1, 0.15) is 32.3 Å². The molecule has 0 spiro atoms. The molecule has 1 aromatic carbocycles. The predicted octanol–water partition coefficient (Wildman–Crippen LogP) is 2.42. The Morgan fingerprint density at radius 3 is 2.70 bits per heavy atom. The van der Waals surface area contributed by atoms with Crippen molar-refractivity contribution in [2.24, 2.45) is 0 Å². The highest BCUT2D eigenvalue weighted by atomic mass is 19.1. The highest BCUT2D eigenvalue weighted by Gasteiger charge is 2.42. The molecule has 30 heavy (non-hydrogen) atoms. The summed E-state index contributed by atoms with van der Waals surface area (Å²) in [4.78, 5) is 17.6. The van der Waals surface area contributed by atoms with E-state index in [2.05, 4.69) is 10.1 Å². The molecule has 0 radical (unpaired) electrons. The minimum absolute atomic E-state index is 0.000220. The minimum atomic E-state index is -1.67. The van der Waals surface area contributed by atoms with E-state index in [1.165, 1.54) is 29.5 Å². The fraction of sp³-hybridized carbons (Fsp3) is 0.476. The number of ether oxygens (including phenoxy) is 1. The normalized spacial score (nSPS) is 18.0. The summed E-state index contributed by atoms with van der Waals surface area (Å²) in [6.07, 6.45) is 5.56. The van der Waals surface area contributed by atoms with Gasteiger partial charge in [-0.3, -0.25) is 4.90 Å². The Labute approximate surface area is 174 Å². The first-order valence-corrected chi connectivity index (χ1v) is 9.94. The van der Waals surface area contributed by atoms with Gasteiger partial charge in [0.15, 0.2) is 0 Å². The second-order valence-corrected chi connectivity index (χ2v) is 7.41. The monoisotopic (exact) mass is 420 g/mol. The quantitative estimate of drug-likeness (QED) is 0.547. The Morgan fingerprint density at radius 2 is 2.10 bits per heavy atom. The van der Waals surface area contributed by atoms with Gasteiger partial charge in [-0.05, 0) is 32.8 Å². The maximum Gasteiger partial charge on any atom is 0.330 e. The fourth-order valence-electron chi connectivity index (χ4n) is 3.84. The van der Waals surface area contributed by atoms with Crippen molar-refractivity contribution in [3.63, 3.8) is 0 Å². The summed E-state index contributed by atoms with van der Waals surface area (Å²) < 4.78 is 34.5. The summed E-state index contributed by atoms with van der Waals surface area (Å²) in [5, 5.41) is 15.7. The summed E-state index contributed by atoms with van der Waals surface area (Å²) in [5.41, 5.74) is -0.696. The lowest BCUT2D eigenvalue weighted by Gasteiger charge is -2.43. The van der Waals surface area contributed by atoms with E-state index in [9.17, 15) is 18.7 Å². The third-order valence-electron chi connectivity index (χ3n) is 5.55. The zero-order chi connectivity index (χ0) is 21.7. The summed E-state index contributed by atoms with van der Waals surface area (Å²) in [7, 11) is 0. The second kappa shape index (κ2) is 9.44. The van der Waals surface area contributed by atoms with Gasteiger partial charge in [0.05, 0.1) is 13.2 Å². The Kier molecular flexibility index (Phi) is 6.94. The summed E-state index contributed by atoms with van der Waals surface area (Å²) in [6.45, 7) is 5.00. The third-order valence-corrected chi connectivity index (χ3v) is 5.55. The van der Waals surface area contributed by atoms with Crippen LogP contribution in [0.2, 0.25) is 0 Å². The summed E-state index contributed by atoms with van der Waals surface area (Å²) in [6, 6.07) is 2.66. The molecule has 0 bridgehead atoms. The van der Waals surface area contributed by atoms with Crippen LogP contribution in [-0.4, -0.2) is 56.5 Å². The molecule has 9 heteroatoms. The van der Waals surface area contributed by atoms with E-state index in [1.54, 1.807) is 13.8 Å². The Hall–Kier alpha value is -2.65. The Bertz CT molecular complexity index is 894. The molecule has 0 saturated carbocycles. The molecule has 1 aromatic heterocycles. The van der Waals surface area contributed by atoms with Crippen LogP contribution in [0.5, 0.6) is 0 Å². The largest absolute Gasteiger partial charge is 0.463 e. The van der Waals surface area contributed by atoms with E-state index >= 15 is 0 Å². The van der Waals surface area contributed by atoms with Crippen molar-refractivity contribution in [2.75, 3.05) is 19.7 Å². The van der Waals surface area contributed by atoms with Crippen LogP contribution in [0.3, 0.4) is 0 Å². The van der Waals surface area contributed by atoms with Gasteiger partial charge in [-0.15, -0.1) is 0 Å². The molecule has 1 N–H and O–H groups in total. The van der Waals surface area contributed by atoms with Crippen LogP contribution in [-0.2, 0) is 21.7 Å². The van der Waals surface area contributed by atoms with E-state index < -0.39 is 23.3 Å². The van der Waals surface area contributed by atoms with Gasteiger partial charge in [-0.25, -0.2) is 23.2 Å². The van der Waals surface area contributed by atoms with Crippen molar-refractivity contribution in [2.45, 2.75) is 44.9 Å².